The SMILES string of the molecule is CC1(C)C(COc2ccc(C#N)cn2)CN(C2C3CC4CC2CC(S(C)(=O)=O)(C4)C3)C1S. The molecule has 174 valence electrons. The first-order valence-electron chi connectivity index (χ1n) is 11.7. The van der Waals surface area contributed by atoms with Crippen molar-refractivity contribution in [2.75, 3.05) is 19.4 Å². The van der Waals surface area contributed by atoms with Gasteiger partial charge >= 0.3 is 0 Å². The lowest BCUT2D eigenvalue weighted by molar-refractivity contribution is -0.0549. The summed E-state index contributed by atoms with van der Waals surface area (Å²) in [4.78, 5) is 6.82. The number of likely N-dealkylation sites (tertiary alicyclic amines) is 1. The molecule has 8 heteroatoms. The number of pyridine rings is 1. The van der Waals surface area contributed by atoms with E-state index >= 15 is 0 Å². The molecule has 0 N–H and O–H groups in total. The van der Waals surface area contributed by atoms with Crippen molar-refractivity contribution in [3.05, 3.63) is 23.9 Å². The summed E-state index contributed by atoms with van der Waals surface area (Å²) in [5.41, 5.74) is 0.479. The van der Waals surface area contributed by atoms with E-state index in [1.54, 1.807) is 12.1 Å². The fourth-order valence-electron chi connectivity index (χ4n) is 7.42. The van der Waals surface area contributed by atoms with E-state index in [0.717, 1.165) is 38.6 Å². The summed E-state index contributed by atoms with van der Waals surface area (Å²) in [5.74, 6) is 2.29. The van der Waals surface area contributed by atoms with Crippen LogP contribution in [-0.2, 0) is 9.84 Å². The van der Waals surface area contributed by atoms with E-state index < -0.39 is 14.6 Å². The lowest BCUT2D eigenvalue weighted by Gasteiger charge is -2.61. The van der Waals surface area contributed by atoms with Gasteiger partial charge < -0.3 is 4.74 Å². The van der Waals surface area contributed by atoms with E-state index in [2.05, 4.69) is 29.8 Å². The van der Waals surface area contributed by atoms with Gasteiger partial charge in [-0.25, -0.2) is 13.4 Å². The number of thiol groups is 1. The predicted octanol–water partition coefficient (Wildman–Crippen LogP) is 3.54. The van der Waals surface area contributed by atoms with Gasteiger partial charge in [-0.1, -0.05) is 13.8 Å². The topological polar surface area (TPSA) is 83.3 Å². The van der Waals surface area contributed by atoms with Gasteiger partial charge in [0.2, 0.25) is 5.88 Å². The molecule has 5 aliphatic rings. The van der Waals surface area contributed by atoms with Gasteiger partial charge in [0.1, 0.15) is 6.07 Å². The van der Waals surface area contributed by atoms with Crippen LogP contribution in [0.2, 0.25) is 0 Å². The maximum atomic E-state index is 12.7. The maximum Gasteiger partial charge on any atom is 0.213 e. The molecule has 5 fully saturated rings. The second kappa shape index (κ2) is 7.61. The fourth-order valence-corrected chi connectivity index (χ4v) is 9.45. The van der Waals surface area contributed by atoms with E-state index in [9.17, 15) is 8.42 Å². The van der Waals surface area contributed by atoms with Gasteiger partial charge in [-0.15, -0.1) is 0 Å². The van der Waals surface area contributed by atoms with Crippen LogP contribution in [0, 0.1) is 40.4 Å². The Hall–Kier alpha value is -1.30. The Morgan fingerprint density at radius 3 is 2.50 bits per heavy atom. The van der Waals surface area contributed by atoms with E-state index in [1.807, 2.05) is 0 Å². The molecule has 32 heavy (non-hydrogen) atoms. The number of nitriles is 1. The Kier molecular flexibility index (Phi) is 5.35. The van der Waals surface area contributed by atoms with Crippen LogP contribution in [0.1, 0.15) is 51.5 Å². The fraction of sp³-hybridized carbons (Fsp3) is 0.750. The quantitative estimate of drug-likeness (QED) is 0.656. The minimum Gasteiger partial charge on any atom is -0.477 e. The van der Waals surface area contributed by atoms with Gasteiger partial charge in [-0.05, 0) is 61.3 Å². The van der Waals surface area contributed by atoms with Crippen molar-refractivity contribution >= 4 is 22.5 Å². The average Bonchev–Trinajstić information content (AvgIpc) is 2.94. The molecule has 0 aromatic carbocycles. The molecule has 2 heterocycles. The highest BCUT2D eigenvalue weighted by Gasteiger charge is 2.62. The molecule has 4 saturated carbocycles. The summed E-state index contributed by atoms with van der Waals surface area (Å²) >= 11 is 5.10. The van der Waals surface area contributed by atoms with Crippen LogP contribution >= 0.6 is 12.6 Å². The zero-order valence-corrected chi connectivity index (χ0v) is 20.8. The normalized spacial score (nSPS) is 40.3. The third-order valence-corrected chi connectivity index (χ3v) is 12.1. The van der Waals surface area contributed by atoms with Crippen molar-refractivity contribution in [3.8, 4) is 11.9 Å². The van der Waals surface area contributed by atoms with Crippen molar-refractivity contribution in [2.45, 2.75) is 62.1 Å². The molecule has 1 aromatic rings. The molecule has 4 atom stereocenters. The van der Waals surface area contributed by atoms with Crippen molar-refractivity contribution < 1.29 is 13.2 Å². The summed E-state index contributed by atoms with van der Waals surface area (Å²) in [7, 11) is -3.04. The molecule has 4 unspecified atom stereocenters. The maximum absolute atomic E-state index is 12.7. The second-order valence-corrected chi connectivity index (χ2v) is 14.2. The van der Waals surface area contributed by atoms with Crippen LogP contribution in [0.4, 0.5) is 0 Å². The smallest absolute Gasteiger partial charge is 0.213 e. The third kappa shape index (κ3) is 3.47. The number of aromatic nitrogens is 1. The molecular formula is C24H33N3O3S2. The number of nitrogens with zero attached hydrogens (tertiary/aromatic N) is 3. The highest BCUT2D eigenvalue weighted by molar-refractivity contribution is 7.92. The number of ether oxygens (including phenoxy) is 1. The van der Waals surface area contributed by atoms with E-state index in [1.165, 1.54) is 12.5 Å². The molecule has 0 spiro atoms. The lowest BCUT2D eigenvalue weighted by atomic mass is 9.53. The molecule has 1 aromatic heterocycles. The van der Waals surface area contributed by atoms with Crippen molar-refractivity contribution in [1.82, 2.24) is 9.88 Å². The first kappa shape index (κ1) is 22.5. The van der Waals surface area contributed by atoms with Crippen LogP contribution in [0.5, 0.6) is 5.88 Å². The Balaban J connectivity index is 1.32. The Labute approximate surface area is 197 Å². The average molecular weight is 476 g/mol. The van der Waals surface area contributed by atoms with Crippen LogP contribution < -0.4 is 4.74 Å². The molecular weight excluding hydrogens is 442 g/mol. The van der Waals surface area contributed by atoms with Gasteiger partial charge in [0.15, 0.2) is 9.84 Å². The zero-order valence-electron chi connectivity index (χ0n) is 19.1. The zero-order chi connectivity index (χ0) is 22.9. The van der Waals surface area contributed by atoms with Gasteiger partial charge in [0.05, 0.1) is 22.3 Å². The minimum atomic E-state index is -3.04. The highest BCUT2D eigenvalue weighted by atomic mass is 32.2. The van der Waals surface area contributed by atoms with Crippen LogP contribution in [0.15, 0.2) is 18.3 Å². The summed E-state index contributed by atoms with van der Waals surface area (Å²) in [6.45, 7) is 5.99. The molecule has 1 aliphatic heterocycles. The van der Waals surface area contributed by atoms with Crippen LogP contribution in [-0.4, -0.2) is 53.9 Å². The highest BCUT2D eigenvalue weighted by Crippen LogP contribution is 2.61. The van der Waals surface area contributed by atoms with Gasteiger partial charge in [-0.2, -0.15) is 17.9 Å². The molecule has 4 aliphatic carbocycles. The number of hydrogen-bond donors (Lipinski definition) is 1. The van der Waals surface area contributed by atoms with E-state index in [-0.39, 0.29) is 10.8 Å². The summed E-state index contributed by atoms with van der Waals surface area (Å²) < 4.78 is 31.0. The molecule has 6 nitrogen and oxygen atoms in total. The number of hydrogen-bond acceptors (Lipinski definition) is 7. The van der Waals surface area contributed by atoms with Gasteiger partial charge in [-0.3, -0.25) is 4.90 Å². The summed E-state index contributed by atoms with van der Waals surface area (Å²) in [6, 6.07) is 5.97. The monoisotopic (exact) mass is 475 g/mol. The Morgan fingerprint density at radius 2 is 1.94 bits per heavy atom. The molecule has 0 amide bonds. The standard InChI is InChI=1S/C24H33N3O3S2/c1-23(2)19(14-30-20-5-4-15(11-25)12-26-20)13-27(22(23)31)21-17-6-16-7-18(21)10-24(8-16,9-17)32(3,28)29/h4-5,12,16-19,21-22,31H,6-10,13-14H2,1-3H3. The second-order valence-electron chi connectivity index (χ2n) is 11.3. The summed E-state index contributed by atoms with van der Waals surface area (Å²) in [6.07, 6.45) is 7.82. The largest absolute Gasteiger partial charge is 0.477 e. The van der Waals surface area contributed by atoms with Gasteiger partial charge in [0, 0.05) is 37.0 Å². The predicted molar refractivity (Wildman–Crippen MR) is 126 cm³/mol. The summed E-state index contributed by atoms with van der Waals surface area (Å²) in [5, 5.41) is 9.06. The van der Waals surface area contributed by atoms with Crippen molar-refractivity contribution in [2.24, 2.45) is 29.1 Å². The Bertz CT molecular complexity index is 1020. The third-order valence-electron chi connectivity index (χ3n) is 9.10. The minimum absolute atomic E-state index is 0.0428. The van der Waals surface area contributed by atoms with E-state index in [0.29, 0.717) is 47.8 Å². The van der Waals surface area contributed by atoms with Crippen molar-refractivity contribution in [3.63, 3.8) is 0 Å². The molecule has 0 radical (unpaired) electrons. The number of sulfone groups is 1. The number of rotatable bonds is 5. The molecule has 4 bridgehead atoms. The molecule has 6 rings (SSSR count). The first-order chi connectivity index (χ1) is 15.0. The Morgan fingerprint density at radius 1 is 1.25 bits per heavy atom. The van der Waals surface area contributed by atoms with Gasteiger partial charge in [0.25, 0.3) is 0 Å². The lowest BCUT2D eigenvalue weighted by Crippen LogP contribution is -2.64. The molecule has 1 saturated heterocycles. The van der Waals surface area contributed by atoms with E-state index in [4.69, 9.17) is 22.6 Å². The van der Waals surface area contributed by atoms with Crippen LogP contribution in [0.3, 0.4) is 0 Å². The van der Waals surface area contributed by atoms with Crippen LogP contribution in [0.25, 0.3) is 0 Å². The first-order valence-corrected chi connectivity index (χ1v) is 14.1. The van der Waals surface area contributed by atoms with Crippen molar-refractivity contribution in [1.29, 1.82) is 5.26 Å².